The second-order valence-electron chi connectivity index (χ2n) is 10.4. The first kappa shape index (κ1) is 23.5. The Hall–Kier alpha value is -2.61. The standard InChI is InChI=1S/C25H35N3O5/c1-24(2,3)33-23(31)28-20(16-7-5-4-6-8-16)21(29)26-17-9-10-18-19(15-17)27-22(30)25(18)11-13-32-14-12-25/h9-10,15-16,20H,4-8,11-14H2,1-3H3,(H,26,29)(H,27,30)(H,28,31). The molecule has 3 aliphatic rings. The third kappa shape index (κ3) is 5.16. The molecule has 3 amide bonds. The molecule has 0 bridgehead atoms. The maximum atomic E-state index is 13.3. The van der Waals surface area contributed by atoms with Crippen molar-refractivity contribution in [1.82, 2.24) is 5.32 Å². The zero-order valence-electron chi connectivity index (χ0n) is 19.8. The maximum Gasteiger partial charge on any atom is 0.408 e. The van der Waals surface area contributed by atoms with E-state index in [2.05, 4.69) is 16.0 Å². The predicted molar refractivity (Wildman–Crippen MR) is 125 cm³/mol. The van der Waals surface area contributed by atoms with Crippen molar-refractivity contribution < 1.29 is 23.9 Å². The molecule has 8 heteroatoms. The molecule has 1 saturated heterocycles. The van der Waals surface area contributed by atoms with Gasteiger partial charge in [0.1, 0.15) is 11.6 Å². The van der Waals surface area contributed by atoms with E-state index in [0.717, 1.165) is 43.4 Å². The summed E-state index contributed by atoms with van der Waals surface area (Å²) in [6.07, 6.45) is 5.73. The van der Waals surface area contributed by atoms with Gasteiger partial charge in [-0.05, 0) is 70.1 Å². The monoisotopic (exact) mass is 457 g/mol. The molecule has 1 saturated carbocycles. The SMILES string of the molecule is CC(C)(C)OC(=O)NC(C(=O)Nc1ccc2c(c1)NC(=O)C21CCOCC1)C1CCCCC1. The second-order valence-corrected chi connectivity index (χ2v) is 10.4. The number of anilines is 2. The Bertz CT molecular complexity index is 911. The Morgan fingerprint density at radius 2 is 1.85 bits per heavy atom. The van der Waals surface area contributed by atoms with Crippen molar-refractivity contribution in [2.45, 2.75) is 82.8 Å². The van der Waals surface area contributed by atoms with E-state index in [1.54, 1.807) is 26.8 Å². The molecule has 2 aliphatic heterocycles. The van der Waals surface area contributed by atoms with Gasteiger partial charge in [-0.15, -0.1) is 0 Å². The molecule has 8 nitrogen and oxygen atoms in total. The molecule has 33 heavy (non-hydrogen) atoms. The highest BCUT2D eigenvalue weighted by Crippen LogP contribution is 2.45. The molecule has 1 aromatic rings. The van der Waals surface area contributed by atoms with Gasteiger partial charge in [-0.1, -0.05) is 25.3 Å². The molecule has 4 rings (SSSR count). The van der Waals surface area contributed by atoms with Gasteiger partial charge in [-0.2, -0.15) is 0 Å². The third-order valence-electron chi connectivity index (χ3n) is 6.91. The van der Waals surface area contributed by atoms with Gasteiger partial charge in [0.05, 0.1) is 5.41 Å². The summed E-state index contributed by atoms with van der Waals surface area (Å²) in [4.78, 5) is 38.5. The Balaban J connectivity index is 1.50. The third-order valence-corrected chi connectivity index (χ3v) is 6.91. The van der Waals surface area contributed by atoms with Crippen molar-refractivity contribution in [2.24, 2.45) is 5.92 Å². The summed E-state index contributed by atoms with van der Waals surface area (Å²) in [5.41, 5.74) is 1.10. The fourth-order valence-electron chi connectivity index (χ4n) is 5.24. The molecule has 1 atom stereocenters. The van der Waals surface area contributed by atoms with Crippen LogP contribution in [-0.2, 0) is 24.5 Å². The first-order chi connectivity index (χ1) is 15.7. The van der Waals surface area contributed by atoms with E-state index in [1.165, 1.54) is 0 Å². The van der Waals surface area contributed by atoms with E-state index in [1.807, 2.05) is 12.1 Å². The van der Waals surface area contributed by atoms with Gasteiger partial charge in [-0.3, -0.25) is 9.59 Å². The van der Waals surface area contributed by atoms with Crippen LogP contribution >= 0.6 is 0 Å². The van der Waals surface area contributed by atoms with Crippen LogP contribution in [0.1, 0.15) is 71.3 Å². The smallest absolute Gasteiger partial charge is 0.408 e. The molecule has 180 valence electrons. The summed E-state index contributed by atoms with van der Waals surface area (Å²) >= 11 is 0. The van der Waals surface area contributed by atoms with Crippen molar-refractivity contribution >= 4 is 29.3 Å². The first-order valence-electron chi connectivity index (χ1n) is 12.0. The van der Waals surface area contributed by atoms with Crippen molar-refractivity contribution in [3.8, 4) is 0 Å². The normalized spacial score (nSPS) is 21.1. The van der Waals surface area contributed by atoms with Crippen molar-refractivity contribution in [3.63, 3.8) is 0 Å². The lowest BCUT2D eigenvalue weighted by molar-refractivity contribution is -0.124. The number of carbonyl (C=O) groups is 3. The van der Waals surface area contributed by atoms with Crippen LogP contribution < -0.4 is 16.0 Å². The quantitative estimate of drug-likeness (QED) is 0.631. The number of rotatable bonds is 4. The summed E-state index contributed by atoms with van der Waals surface area (Å²) in [5.74, 6) is -0.209. The number of benzene rings is 1. The molecular weight excluding hydrogens is 422 g/mol. The van der Waals surface area contributed by atoms with Crippen LogP contribution in [0.15, 0.2) is 18.2 Å². The topological polar surface area (TPSA) is 106 Å². The number of nitrogens with one attached hydrogen (secondary N) is 3. The molecule has 2 fully saturated rings. The minimum atomic E-state index is -0.676. The van der Waals surface area contributed by atoms with Gasteiger partial charge < -0.3 is 25.4 Å². The van der Waals surface area contributed by atoms with Gasteiger partial charge in [0.2, 0.25) is 11.8 Å². The molecule has 0 radical (unpaired) electrons. The highest BCUT2D eigenvalue weighted by atomic mass is 16.6. The predicted octanol–water partition coefficient (Wildman–Crippen LogP) is 4.10. The number of amides is 3. The average Bonchev–Trinajstić information content (AvgIpc) is 3.02. The summed E-state index contributed by atoms with van der Waals surface area (Å²) < 4.78 is 10.9. The maximum absolute atomic E-state index is 13.3. The number of hydrogen-bond donors (Lipinski definition) is 3. The van der Waals surface area contributed by atoms with Gasteiger partial charge in [0.25, 0.3) is 0 Å². The van der Waals surface area contributed by atoms with Gasteiger partial charge in [-0.25, -0.2) is 4.79 Å². The lowest BCUT2D eigenvalue weighted by Gasteiger charge is -2.31. The summed E-state index contributed by atoms with van der Waals surface area (Å²) in [5, 5.41) is 8.76. The number of alkyl carbamates (subject to hydrolysis) is 1. The summed E-state index contributed by atoms with van der Waals surface area (Å²) in [6.45, 7) is 6.51. The van der Waals surface area contributed by atoms with Gasteiger partial charge in [0.15, 0.2) is 0 Å². The zero-order chi connectivity index (χ0) is 23.6. The fourth-order valence-corrected chi connectivity index (χ4v) is 5.24. The second kappa shape index (κ2) is 9.33. The van der Waals surface area contributed by atoms with Crippen LogP contribution in [0.25, 0.3) is 0 Å². The fraction of sp³-hybridized carbons (Fsp3) is 0.640. The Labute approximate surface area is 195 Å². The average molecular weight is 458 g/mol. The van der Waals surface area contributed by atoms with Crippen LogP contribution in [0.3, 0.4) is 0 Å². The molecular formula is C25H35N3O5. The van der Waals surface area contributed by atoms with Gasteiger partial charge in [0, 0.05) is 24.6 Å². The van der Waals surface area contributed by atoms with Crippen LogP contribution in [0, 0.1) is 5.92 Å². The number of fused-ring (bicyclic) bond motifs is 2. The lowest BCUT2D eigenvalue weighted by Crippen LogP contribution is -2.50. The van der Waals surface area contributed by atoms with Gasteiger partial charge >= 0.3 is 6.09 Å². The van der Waals surface area contributed by atoms with Crippen molar-refractivity contribution in [2.75, 3.05) is 23.8 Å². The molecule has 3 N–H and O–H groups in total. The largest absolute Gasteiger partial charge is 0.444 e. The Kier molecular flexibility index (Phi) is 6.66. The van der Waals surface area contributed by atoms with Crippen LogP contribution in [0.5, 0.6) is 0 Å². The van der Waals surface area contributed by atoms with Crippen LogP contribution in [0.4, 0.5) is 16.2 Å². The molecule has 1 aliphatic carbocycles. The Morgan fingerprint density at radius 1 is 1.15 bits per heavy atom. The van der Waals surface area contributed by atoms with Crippen molar-refractivity contribution in [1.29, 1.82) is 0 Å². The van der Waals surface area contributed by atoms with Crippen LogP contribution in [0.2, 0.25) is 0 Å². The van der Waals surface area contributed by atoms with E-state index in [-0.39, 0.29) is 17.7 Å². The number of hydrogen-bond acceptors (Lipinski definition) is 5. The minimum absolute atomic E-state index is 0.00375. The highest BCUT2D eigenvalue weighted by Gasteiger charge is 2.47. The minimum Gasteiger partial charge on any atom is -0.444 e. The van der Waals surface area contributed by atoms with E-state index >= 15 is 0 Å². The number of carbonyl (C=O) groups excluding carboxylic acids is 3. The first-order valence-corrected chi connectivity index (χ1v) is 12.0. The van der Waals surface area contributed by atoms with E-state index in [0.29, 0.717) is 31.7 Å². The molecule has 1 spiro atoms. The van der Waals surface area contributed by atoms with E-state index in [9.17, 15) is 14.4 Å². The summed E-state index contributed by atoms with van der Waals surface area (Å²) in [7, 11) is 0. The van der Waals surface area contributed by atoms with Crippen molar-refractivity contribution in [3.05, 3.63) is 23.8 Å². The molecule has 1 aromatic carbocycles. The molecule has 2 heterocycles. The Morgan fingerprint density at radius 3 is 2.52 bits per heavy atom. The highest BCUT2D eigenvalue weighted by molar-refractivity contribution is 6.07. The van der Waals surface area contributed by atoms with Crippen LogP contribution in [-0.4, -0.2) is 42.8 Å². The summed E-state index contributed by atoms with van der Waals surface area (Å²) in [6, 6.07) is 4.88. The molecule has 0 aromatic heterocycles. The lowest BCUT2D eigenvalue weighted by atomic mass is 9.75. The number of ether oxygens (including phenoxy) is 2. The molecule has 1 unspecified atom stereocenters. The van der Waals surface area contributed by atoms with E-state index in [4.69, 9.17) is 9.47 Å². The van der Waals surface area contributed by atoms with E-state index < -0.39 is 23.2 Å². The zero-order valence-corrected chi connectivity index (χ0v) is 19.8.